The van der Waals surface area contributed by atoms with Crippen LogP contribution in [0, 0.1) is 17.2 Å². The normalized spacial score (nSPS) is 19.8. The Bertz CT molecular complexity index is 578. The molecule has 1 aromatic carbocycles. The third-order valence-electron chi connectivity index (χ3n) is 3.51. The molecule has 1 aliphatic rings. The molecule has 118 valence electrons. The number of benzene rings is 1. The van der Waals surface area contributed by atoms with Gasteiger partial charge in [-0.2, -0.15) is 18.4 Å². The first kappa shape index (κ1) is 16.3. The number of nitriles is 1. The van der Waals surface area contributed by atoms with E-state index in [0.717, 1.165) is 10.6 Å². The Balaban J connectivity index is 2.12. The molecule has 1 fully saturated rings. The first-order valence-electron chi connectivity index (χ1n) is 6.84. The summed E-state index contributed by atoms with van der Waals surface area (Å²) in [4.78, 5) is 17.4. The van der Waals surface area contributed by atoms with Crippen molar-refractivity contribution < 1.29 is 22.8 Å². The zero-order valence-electron chi connectivity index (χ0n) is 11.9. The molecule has 1 unspecified atom stereocenters. The van der Waals surface area contributed by atoms with E-state index in [4.69, 9.17) is 10.1 Å². The van der Waals surface area contributed by atoms with E-state index in [1.165, 1.54) is 6.92 Å². The molecule has 1 aromatic rings. The Labute approximate surface area is 126 Å². The number of hydrogen-bond donors (Lipinski definition) is 0. The first-order chi connectivity index (χ1) is 10.3. The van der Waals surface area contributed by atoms with Gasteiger partial charge in [0.15, 0.2) is 0 Å². The molecule has 0 radical (unpaired) electrons. The number of carbonyl (C=O) groups excluding carboxylic acids is 1. The zero-order chi connectivity index (χ0) is 16.3. The molecule has 1 saturated heterocycles. The number of carbonyl (C=O) groups is 1. The summed E-state index contributed by atoms with van der Waals surface area (Å²) >= 11 is 0. The van der Waals surface area contributed by atoms with Crippen molar-refractivity contribution in [1.82, 2.24) is 5.06 Å². The van der Waals surface area contributed by atoms with Crippen molar-refractivity contribution in [2.45, 2.75) is 32.0 Å². The van der Waals surface area contributed by atoms with Crippen molar-refractivity contribution in [3.63, 3.8) is 0 Å². The van der Waals surface area contributed by atoms with Crippen molar-refractivity contribution in [1.29, 1.82) is 5.26 Å². The lowest BCUT2D eigenvalue weighted by Crippen LogP contribution is -2.35. The zero-order valence-corrected chi connectivity index (χ0v) is 11.9. The van der Waals surface area contributed by atoms with Crippen LogP contribution in [-0.4, -0.2) is 23.8 Å². The highest BCUT2D eigenvalue weighted by Gasteiger charge is 2.39. The van der Waals surface area contributed by atoms with Gasteiger partial charge >= 0.3 is 6.18 Å². The van der Waals surface area contributed by atoms with Crippen molar-refractivity contribution >= 4 is 5.91 Å². The number of halogens is 3. The predicted octanol–water partition coefficient (Wildman–Crippen LogP) is 3.35. The van der Waals surface area contributed by atoms with Crippen LogP contribution in [0.25, 0.3) is 0 Å². The third-order valence-corrected chi connectivity index (χ3v) is 3.51. The van der Waals surface area contributed by atoms with E-state index in [0.29, 0.717) is 12.0 Å². The van der Waals surface area contributed by atoms with E-state index < -0.39 is 30.5 Å². The maximum atomic E-state index is 12.4. The second kappa shape index (κ2) is 6.36. The van der Waals surface area contributed by atoms with Gasteiger partial charge in [0.25, 0.3) is 0 Å². The number of amides is 1. The SMILES string of the molecule is CC(CC(F)(F)F)C(=O)N1OCC[C@H]1c1ccc(C#N)cc1. The standard InChI is InChI=1S/C15H15F3N2O2/c1-10(8-15(16,17)18)14(21)20-13(6-7-22-20)12-4-2-11(9-19)3-5-12/h2-5,10,13H,6-8H2,1H3/t10?,13-/m0/s1. The second-order valence-corrected chi connectivity index (χ2v) is 5.26. The molecule has 0 aliphatic carbocycles. The Morgan fingerprint density at radius 2 is 2.09 bits per heavy atom. The smallest absolute Gasteiger partial charge is 0.272 e. The highest BCUT2D eigenvalue weighted by atomic mass is 19.4. The lowest BCUT2D eigenvalue weighted by atomic mass is 10.0. The monoisotopic (exact) mass is 312 g/mol. The second-order valence-electron chi connectivity index (χ2n) is 5.26. The van der Waals surface area contributed by atoms with Crippen LogP contribution < -0.4 is 0 Å². The summed E-state index contributed by atoms with van der Waals surface area (Å²) < 4.78 is 37.2. The summed E-state index contributed by atoms with van der Waals surface area (Å²) in [5.74, 6) is -1.87. The van der Waals surface area contributed by atoms with Gasteiger partial charge in [0.1, 0.15) is 0 Å². The van der Waals surface area contributed by atoms with E-state index in [9.17, 15) is 18.0 Å². The summed E-state index contributed by atoms with van der Waals surface area (Å²) in [7, 11) is 0. The molecular formula is C15H15F3N2O2. The average molecular weight is 312 g/mol. The summed E-state index contributed by atoms with van der Waals surface area (Å²) in [5, 5.41) is 9.81. The fourth-order valence-electron chi connectivity index (χ4n) is 2.42. The molecule has 0 saturated carbocycles. The molecule has 0 spiro atoms. The van der Waals surface area contributed by atoms with Gasteiger partial charge in [0.2, 0.25) is 5.91 Å². The minimum Gasteiger partial charge on any atom is -0.272 e. The van der Waals surface area contributed by atoms with Crippen molar-refractivity contribution in [2.75, 3.05) is 6.61 Å². The van der Waals surface area contributed by atoms with Crippen LogP contribution in [0.5, 0.6) is 0 Å². The third kappa shape index (κ3) is 3.77. The quantitative estimate of drug-likeness (QED) is 0.860. The topological polar surface area (TPSA) is 53.3 Å². The van der Waals surface area contributed by atoms with Crippen LogP contribution in [0.3, 0.4) is 0 Å². The molecule has 1 amide bonds. The molecule has 2 atom stereocenters. The highest BCUT2D eigenvalue weighted by molar-refractivity contribution is 5.78. The number of nitrogens with zero attached hydrogens (tertiary/aromatic N) is 2. The fraction of sp³-hybridized carbons (Fsp3) is 0.467. The predicted molar refractivity (Wildman–Crippen MR) is 71.1 cm³/mol. The van der Waals surface area contributed by atoms with Crippen molar-refractivity contribution in [2.24, 2.45) is 5.92 Å². The molecule has 22 heavy (non-hydrogen) atoms. The lowest BCUT2D eigenvalue weighted by molar-refractivity contribution is -0.190. The maximum Gasteiger partial charge on any atom is 0.389 e. The Hall–Kier alpha value is -2.07. The van der Waals surface area contributed by atoms with Crippen LogP contribution in [0.4, 0.5) is 13.2 Å². The van der Waals surface area contributed by atoms with Crippen LogP contribution in [0.1, 0.15) is 36.9 Å². The number of hydroxylamine groups is 2. The molecule has 4 nitrogen and oxygen atoms in total. The van der Waals surface area contributed by atoms with Crippen molar-refractivity contribution in [3.05, 3.63) is 35.4 Å². The van der Waals surface area contributed by atoms with Gasteiger partial charge in [0.05, 0.1) is 30.7 Å². The van der Waals surface area contributed by atoms with E-state index in [1.807, 2.05) is 6.07 Å². The van der Waals surface area contributed by atoms with Crippen LogP contribution in [0.15, 0.2) is 24.3 Å². The van der Waals surface area contributed by atoms with Gasteiger partial charge in [0, 0.05) is 12.3 Å². The summed E-state index contributed by atoms with van der Waals surface area (Å²) in [6, 6.07) is 8.15. The van der Waals surface area contributed by atoms with Crippen LogP contribution >= 0.6 is 0 Å². The van der Waals surface area contributed by atoms with Gasteiger partial charge in [-0.05, 0) is 17.7 Å². The molecule has 1 heterocycles. The summed E-state index contributed by atoms with van der Waals surface area (Å²) in [5.41, 5.74) is 1.22. The van der Waals surface area contributed by atoms with E-state index in [1.54, 1.807) is 24.3 Å². The summed E-state index contributed by atoms with van der Waals surface area (Å²) in [6.45, 7) is 1.52. The number of alkyl halides is 3. The fourth-order valence-corrected chi connectivity index (χ4v) is 2.42. The minimum atomic E-state index is -4.39. The van der Waals surface area contributed by atoms with Gasteiger partial charge in [-0.1, -0.05) is 19.1 Å². The van der Waals surface area contributed by atoms with E-state index in [-0.39, 0.29) is 6.61 Å². The highest BCUT2D eigenvalue weighted by Crippen LogP contribution is 2.34. The van der Waals surface area contributed by atoms with Gasteiger partial charge in [-0.15, -0.1) is 0 Å². The van der Waals surface area contributed by atoms with E-state index >= 15 is 0 Å². The molecule has 7 heteroatoms. The molecule has 0 N–H and O–H groups in total. The number of hydrogen-bond acceptors (Lipinski definition) is 3. The largest absolute Gasteiger partial charge is 0.389 e. The molecular weight excluding hydrogens is 297 g/mol. The van der Waals surface area contributed by atoms with Gasteiger partial charge in [-0.25, -0.2) is 5.06 Å². The van der Waals surface area contributed by atoms with E-state index in [2.05, 4.69) is 0 Å². The minimum absolute atomic E-state index is 0.273. The number of rotatable bonds is 3. The van der Waals surface area contributed by atoms with Crippen LogP contribution in [-0.2, 0) is 9.63 Å². The van der Waals surface area contributed by atoms with Crippen LogP contribution in [0.2, 0.25) is 0 Å². The van der Waals surface area contributed by atoms with Crippen molar-refractivity contribution in [3.8, 4) is 6.07 Å². The molecule has 1 aliphatic heterocycles. The average Bonchev–Trinajstić information content (AvgIpc) is 2.94. The Morgan fingerprint density at radius 3 is 2.64 bits per heavy atom. The summed E-state index contributed by atoms with van der Waals surface area (Å²) in [6.07, 6.45) is -5.05. The first-order valence-corrected chi connectivity index (χ1v) is 6.84. The lowest BCUT2D eigenvalue weighted by Gasteiger charge is -2.26. The molecule has 2 rings (SSSR count). The molecule has 0 aromatic heterocycles. The molecule has 0 bridgehead atoms. The Kier molecular flexibility index (Phi) is 4.71. The maximum absolute atomic E-state index is 12.4. The van der Waals surface area contributed by atoms with Gasteiger partial charge in [-0.3, -0.25) is 9.63 Å². The Morgan fingerprint density at radius 1 is 1.45 bits per heavy atom. The van der Waals surface area contributed by atoms with Gasteiger partial charge < -0.3 is 0 Å².